The Morgan fingerprint density at radius 1 is 2.00 bits per heavy atom. The average molecular weight is 127 g/mol. The Labute approximate surface area is 53.5 Å². The summed E-state index contributed by atoms with van der Waals surface area (Å²) < 4.78 is 0. The topological polar surface area (TPSA) is 63.3 Å². The van der Waals surface area contributed by atoms with E-state index in [4.69, 9.17) is 10.8 Å². The van der Waals surface area contributed by atoms with Gasteiger partial charge in [-0.15, -0.1) is 5.73 Å². The molecule has 0 amide bonds. The van der Waals surface area contributed by atoms with E-state index < -0.39 is 12.0 Å². The Hall–Kier alpha value is -1.05. The summed E-state index contributed by atoms with van der Waals surface area (Å²) in [5, 5.41) is 8.22. The summed E-state index contributed by atoms with van der Waals surface area (Å²) in [7, 11) is 0. The van der Waals surface area contributed by atoms with E-state index >= 15 is 0 Å². The maximum absolute atomic E-state index is 10.0. The molecule has 0 fully saturated rings. The minimum atomic E-state index is -0.999. The number of nitrogens with two attached hydrogens (primary N) is 1. The highest BCUT2D eigenvalue weighted by atomic mass is 16.4. The second-order valence-electron chi connectivity index (χ2n) is 1.59. The number of rotatable bonds is 3. The molecule has 3 nitrogen and oxygen atoms in total. The van der Waals surface area contributed by atoms with Gasteiger partial charge in [0.2, 0.25) is 0 Å². The van der Waals surface area contributed by atoms with E-state index in [0.29, 0.717) is 6.42 Å². The fourth-order valence-electron chi connectivity index (χ4n) is 0.311. The number of hydrogen-bond donors (Lipinski definition) is 2. The molecule has 0 unspecified atom stereocenters. The quantitative estimate of drug-likeness (QED) is 0.529. The molecule has 0 aromatic rings. The lowest BCUT2D eigenvalue weighted by Crippen LogP contribution is -2.28. The first kappa shape index (κ1) is 7.95. The highest BCUT2D eigenvalue weighted by molar-refractivity contribution is 5.73. The molecule has 0 rings (SSSR count). The molecular formula is C6H9NO2. The van der Waals surface area contributed by atoms with Gasteiger partial charge >= 0.3 is 5.97 Å². The molecule has 0 aliphatic carbocycles. The summed E-state index contributed by atoms with van der Waals surface area (Å²) in [4.78, 5) is 10.0. The van der Waals surface area contributed by atoms with Crippen LogP contribution in [0, 0.1) is 0 Å². The average Bonchev–Trinajstić information content (AvgIpc) is 1.82. The first-order valence-electron chi connectivity index (χ1n) is 2.51. The molecule has 0 radical (unpaired) electrons. The largest absolute Gasteiger partial charge is 0.480 e. The molecule has 0 heterocycles. The van der Waals surface area contributed by atoms with Crippen molar-refractivity contribution >= 4 is 5.97 Å². The molecular weight excluding hydrogens is 118 g/mol. The van der Waals surface area contributed by atoms with Crippen LogP contribution >= 0.6 is 0 Å². The van der Waals surface area contributed by atoms with Gasteiger partial charge in [0.05, 0.1) is 0 Å². The molecule has 0 bridgehead atoms. The second-order valence-corrected chi connectivity index (χ2v) is 1.59. The van der Waals surface area contributed by atoms with E-state index in [1.807, 2.05) is 0 Å². The summed E-state index contributed by atoms with van der Waals surface area (Å²) in [5.41, 5.74) is 7.54. The van der Waals surface area contributed by atoms with Crippen molar-refractivity contribution in [3.63, 3.8) is 0 Å². The van der Waals surface area contributed by atoms with E-state index in [1.165, 1.54) is 6.08 Å². The highest BCUT2D eigenvalue weighted by Gasteiger charge is 2.07. The fourth-order valence-corrected chi connectivity index (χ4v) is 0.311. The van der Waals surface area contributed by atoms with Gasteiger partial charge in [0.25, 0.3) is 0 Å². The molecule has 9 heavy (non-hydrogen) atoms. The maximum Gasteiger partial charge on any atom is 0.320 e. The Balaban J connectivity index is 3.63. The number of carboxylic acids is 1. The van der Waals surface area contributed by atoms with Crippen LogP contribution in [0.2, 0.25) is 0 Å². The molecule has 0 aliphatic rings. The van der Waals surface area contributed by atoms with Crippen LogP contribution in [0.3, 0.4) is 0 Å². The summed E-state index contributed by atoms with van der Waals surface area (Å²) >= 11 is 0. The van der Waals surface area contributed by atoms with E-state index in [9.17, 15) is 4.79 Å². The zero-order valence-corrected chi connectivity index (χ0v) is 5.00. The van der Waals surface area contributed by atoms with E-state index in [1.54, 1.807) is 0 Å². The molecule has 0 saturated heterocycles. The predicted octanol–water partition coefficient (Wildman–Crippen LogP) is 0.129. The van der Waals surface area contributed by atoms with Crippen LogP contribution in [-0.4, -0.2) is 17.1 Å². The lowest BCUT2D eigenvalue weighted by atomic mass is 10.2. The summed E-state index contributed by atoms with van der Waals surface area (Å²) in [6, 6.07) is -0.820. The zero-order valence-electron chi connectivity index (χ0n) is 5.00. The van der Waals surface area contributed by atoms with Gasteiger partial charge in [0, 0.05) is 0 Å². The first-order valence-corrected chi connectivity index (χ1v) is 2.51. The van der Waals surface area contributed by atoms with Crippen molar-refractivity contribution in [1.82, 2.24) is 0 Å². The Morgan fingerprint density at radius 2 is 2.56 bits per heavy atom. The third kappa shape index (κ3) is 3.53. The van der Waals surface area contributed by atoms with Crippen molar-refractivity contribution in [3.8, 4) is 0 Å². The Morgan fingerprint density at radius 3 is 2.89 bits per heavy atom. The van der Waals surface area contributed by atoms with Gasteiger partial charge < -0.3 is 10.8 Å². The standard InChI is InChI=1S/C6H9NO2/c1-2-3-4-5(7)6(8)9/h3,5H,1,4,7H2,(H,8,9)/t5-/m0/s1. The van der Waals surface area contributed by atoms with E-state index in [2.05, 4.69) is 12.3 Å². The smallest absolute Gasteiger partial charge is 0.320 e. The number of carboxylic acid groups (broad SMARTS) is 1. The molecule has 3 N–H and O–H groups in total. The Kier molecular flexibility index (Phi) is 3.44. The molecule has 50 valence electrons. The van der Waals surface area contributed by atoms with Crippen molar-refractivity contribution in [2.45, 2.75) is 12.5 Å². The molecule has 0 saturated carbocycles. The third-order valence-electron chi connectivity index (χ3n) is 0.833. The van der Waals surface area contributed by atoms with Crippen molar-refractivity contribution in [3.05, 3.63) is 18.4 Å². The van der Waals surface area contributed by atoms with Gasteiger partial charge in [-0.1, -0.05) is 6.58 Å². The van der Waals surface area contributed by atoms with Crippen molar-refractivity contribution < 1.29 is 9.90 Å². The van der Waals surface area contributed by atoms with Crippen LogP contribution in [-0.2, 0) is 4.79 Å². The summed E-state index contributed by atoms with van der Waals surface area (Å²) in [5.74, 6) is -0.999. The van der Waals surface area contributed by atoms with Crippen LogP contribution in [0.5, 0.6) is 0 Å². The molecule has 0 aliphatic heterocycles. The van der Waals surface area contributed by atoms with Crippen molar-refractivity contribution in [1.29, 1.82) is 0 Å². The van der Waals surface area contributed by atoms with Crippen molar-refractivity contribution in [2.75, 3.05) is 0 Å². The van der Waals surface area contributed by atoms with Crippen LogP contribution in [0.25, 0.3) is 0 Å². The molecule has 0 spiro atoms. The number of aliphatic carboxylic acids is 1. The minimum absolute atomic E-state index is 0.291. The monoisotopic (exact) mass is 127 g/mol. The van der Waals surface area contributed by atoms with Crippen LogP contribution in [0.15, 0.2) is 18.4 Å². The summed E-state index contributed by atoms with van der Waals surface area (Å²) in [6.07, 6.45) is 1.79. The number of carbonyl (C=O) groups is 1. The molecule has 0 aromatic carbocycles. The van der Waals surface area contributed by atoms with Crippen LogP contribution in [0.4, 0.5) is 0 Å². The van der Waals surface area contributed by atoms with Gasteiger partial charge in [-0.3, -0.25) is 4.79 Å². The second kappa shape index (κ2) is 3.89. The van der Waals surface area contributed by atoms with Crippen LogP contribution < -0.4 is 5.73 Å². The normalized spacial score (nSPS) is 11.7. The first-order chi connectivity index (χ1) is 4.18. The van der Waals surface area contributed by atoms with Crippen LogP contribution in [0.1, 0.15) is 6.42 Å². The minimum Gasteiger partial charge on any atom is -0.480 e. The van der Waals surface area contributed by atoms with Gasteiger partial charge in [-0.05, 0) is 12.5 Å². The lowest BCUT2D eigenvalue weighted by molar-refractivity contribution is -0.138. The zero-order chi connectivity index (χ0) is 7.28. The van der Waals surface area contributed by atoms with Gasteiger partial charge in [-0.25, -0.2) is 0 Å². The van der Waals surface area contributed by atoms with Gasteiger partial charge in [-0.2, -0.15) is 0 Å². The Bertz CT molecular complexity index is 147. The number of hydrogen-bond acceptors (Lipinski definition) is 2. The third-order valence-corrected chi connectivity index (χ3v) is 0.833. The van der Waals surface area contributed by atoms with E-state index in [-0.39, 0.29) is 0 Å². The predicted molar refractivity (Wildman–Crippen MR) is 33.9 cm³/mol. The van der Waals surface area contributed by atoms with Crippen molar-refractivity contribution in [2.24, 2.45) is 5.73 Å². The maximum atomic E-state index is 10.0. The highest BCUT2D eigenvalue weighted by Crippen LogP contribution is 1.87. The molecule has 1 atom stereocenters. The van der Waals surface area contributed by atoms with Gasteiger partial charge in [0.15, 0.2) is 0 Å². The van der Waals surface area contributed by atoms with Gasteiger partial charge in [0.1, 0.15) is 6.04 Å². The lowest BCUT2D eigenvalue weighted by Gasteiger charge is -1.98. The van der Waals surface area contributed by atoms with E-state index in [0.717, 1.165) is 0 Å². The SMILES string of the molecule is C=C=CC[C@H](N)C(=O)O. The molecule has 3 heteroatoms. The fraction of sp³-hybridized carbons (Fsp3) is 0.333. The molecule has 0 aromatic heterocycles. The summed E-state index contributed by atoms with van der Waals surface area (Å²) in [6.45, 7) is 3.26.